The quantitative estimate of drug-likeness (QED) is 0.873. The highest BCUT2D eigenvalue weighted by molar-refractivity contribution is 5.96. The fourth-order valence-electron chi connectivity index (χ4n) is 3.52. The van der Waals surface area contributed by atoms with E-state index in [0.29, 0.717) is 23.6 Å². The SMILES string of the molecule is COc1ccccc1C(CNC(=O)c1c(C)noc1C)N1CCCC1. The van der Waals surface area contributed by atoms with Crippen LogP contribution < -0.4 is 10.1 Å². The molecule has 6 heteroatoms. The Bertz CT molecular complexity index is 716. The fraction of sp³-hybridized carbons (Fsp3) is 0.474. The first-order valence-electron chi connectivity index (χ1n) is 8.70. The van der Waals surface area contributed by atoms with E-state index in [0.717, 1.165) is 24.4 Å². The van der Waals surface area contributed by atoms with Crippen LogP contribution in [0.4, 0.5) is 0 Å². The van der Waals surface area contributed by atoms with E-state index in [1.165, 1.54) is 12.8 Å². The standard InChI is InChI=1S/C19H25N3O3/c1-13-18(14(2)25-21-13)19(23)20-12-16(22-10-6-7-11-22)15-8-4-5-9-17(15)24-3/h4-5,8-9,16H,6-7,10-12H2,1-3H3,(H,20,23). The summed E-state index contributed by atoms with van der Waals surface area (Å²) in [6.07, 6.45) is 2.37. The molecule has 0 spiro atoms. The second-order valence-corrected chi connectivity index (χ2v) is 6.41. The molecule has 1 fully saturated rings. The number of nitrogens with one attached hydrogen (secondary N) is 1. The second-order valence-electron chi connectivity index (χ2n) is 6.41. The number of rotatable bonds is 6. The predicted molar refractivity (Wildman–Crippen MR) is 94.9 cm³/mol. The normalized spacial score (nSPS) is 16.0. The monoisotopic (exact) mass is 343 g/mol. The summed E-state index contributed by atoms with van der Waals surface area (Å²) in [6.45, 7) is 6.12. The molecule has 1 saturated heterocycles. The predicted octanol–water partition coefficient (Wildman–Crippen LogP) is 2.87. The lowest BCUT2D eigenvalue weighted by molar-refractivity contribution is 0.0935. The van der Waals surface area contributed by atoms with E-state index < -0.39 is 0 Å². The number of hydrogen-bond donors (Lipinski definition) is 1. The van der Waals surface area contributed by atoms with Crippen LogP contribution in [0, 0.1) is 13.8 Å². The number of hydrogen-bond acceptors (Lipinski definition) is 5. The van der Waals surface area contributed by atoms with Gasteiger partial charge in [0.2, 0.25) is 0 Å². The van der Waals surface area contributed by atoms with Crippen molar-refractivity contribution in [3.63, 3.8) is 0 Å². The molecule has 0 bridgehead atoms. The Hall–Kier alpha value is -2.34. The van der Waals surface area contributed by atoms with Crippen LogP contribution >= 0.6 is 0 Å². The Morgan fingerprint density at radius 3 is 2.68 bits per heavy atom. The third-order valence-electron chi connectivity index (χ3n) is 4.80. The van der Waals surface area contributed by atoms with Gasteiger partial charge in [-0.3, -0.25) is 9.69 Å². The number of aryl methyl sites for hydroxylation is 2. The highest BCUT2D eigenvalue weighted by Gasteiger charge is 2.27. The number of ether oxygens (including phenoxy) is 1. The first-order valence-corrected chi connectivity index (χ1v) is 8.70. The Balaban J connectivity index is 1.80. The summed E-state index contributed by atoms with van der Waals surface area (Å²) in [5.74, 6) is 1.26. The largest absolute Gasteiger partial charge is 0.496 e. The number of benzene rings is 1. The van der Waals surface area contributed by atoms with E-state index in [-0.39, 0.29) is 11.9 Å². The maximum Gasteiger partial charge on any atom is 0.256 e. The molecular weight excluding hydrogens is 318 g/mol. The number of amides is 1. The summed E-state index contributed by atoms with van der Waals surface area (Å²) < 4.78 is 10.6. The zero-order valence-electron chi connectivity index (χ0n) is 15.0. The average molecular weight is 343 g/mol. The number of para-hydroxylation sites is 1. The molecule has 1 aliphatic heterocycles. The van der Waals surface area contributed by atoms with Crippen LogP contribution in [0.15, 0.2) is 28.8 Å². The van der Waals surface area contributed by atoms with Crippen LogP contribution in [-0.4, -0.2) is 42.7 Å². The molecule has 6 nitrogen and oxygen atoms in total. The third kappa shape index (κ3) is 3.69. The molecule has 1 aromatic carbocycles. The van der Waals surface area contributed by atoms with E-state index in [9.17, 15) is 4.79 Å². The Morgan fingerprint density at radius 1 is 1.32 bits per heavy atom. The molecule has 0 radical (unpaired) electrons. The van der Waals surface area contributed by atoms with Gasteiger partial charge in [-0.05, 0) is 45.8 Å². The van der Waals surface area contributed by atoms with Gasteiger partial charge < -0.3 is 14.6 Å². The number of methoxy groups -OCH3 is 1. The molecule has 1 aliphatic rings. The van der Waals surface area contributed by atoms with Gasteiger partial charge >= 0.3 is 0 Å². The minimum Gasteiger partial charge on any atom is -0.496 e. The second kappa shape index (κ2) is 7.70. The van der Waals surface area contributed by atoms with Crippen molar-refractivity contribution in [1.29, 1.82) is 0 Å². The van der Waals surface area contributed by atoms with Gasteiger partial charge in [0.1, 0.15) is 17.1 Å². The maximum atomic E-state index is 12.6. The molecular formula is C19H25N3O3. The van der Waals surface area contributed by atoms with E-state index in [1.807, 2.05) is 18.2 Å². The van der Waals surface area contributed by atoms with Crippen LogP contribution in [0.3, 0.4) is 0 Å². The topological polar surface area (TPSA) is 67.6 Å². The zero-order valence-corrected chi connectivity index (χ0v) is 15.0. The minimum absolute atomic E-state index is 0.0862. The average Bonchev–Trinajstić information content (AvgIpc) is 3.25. The van der Waals surface area contributed by atoms with Gasteiger partial charge in [0.05, 0.1) is 18.8 Å². The van der Waals surface area contributed by atoms with Crippen LogP contribution in [0.5, 0.6) is 5.75 Å². The lowest BCUT2D eigenvalue weighted by Gasteiger charge is -2.29. The molecule has 0 saturated carbocycles. The van der Waals surface area contributed by atoms with E-state index in [2.05, 4.69) is 21.4 Å². The van der Waals surface area contributed by atoms with Crippen LogP contribution in [0.1, 0.15) is 46.3 Å². The van der Waals surface area contributed by atoms with Gasteiger partial charge in [-0.2, -0.15) is 0 Å². The molecule has 2 aromatic rings. The summed E-state index contributed by atoms with van der Waals surface area (Å²) in [7, 11) is 1.68. The first-order chi connectivity index (χ1) is 12.1. The number of carbonyl (C=O) groups is 1. The Morgan fingerprint density at radius 2 is 2.04 bits per heavy atom. The molecule has 0 aliphatic carbocycles. The summed E-state index contributed by atoms with van der Waals surface area (Å²) >= 11 is 0. The molecule has 2 heterocycles. The van der Waals surface area contributed by atoms with Crippen LogP contribution in [0.2, 0.25) is 0 Å². The number of nitrogens with zero attached hydrogens (tertiary/aromatic N) is 2. The van der Waals surface area contributed by atoms with Crippen molar-refractivity contribution in [3.8, 4) is 5.75 Å². The lowest BCUT2D eigenvalue weighted by atomic mass is 10.0. The van der Waals surface area contributed by atoms with Crippen molar-refractivity contribution in [2.45, 2.75) is 32.7 Å². The van der Waals surface area contributed by atoms with Gasteiger partial charge in [-0.15, -0.1) is 0 Å². The Kier molecular flexibility index (Phi) is 5.38. The van der Waals surface area contributed by atoms with Crippen molar-refractivity contribution in [3.05, 3.63) is 46.8 Å². The molecule has 3 rings (SSSR count). The van der Waals surface area contributed by atoms with Gasteiger partial charge in [0, 0.05) is 12.1 Å². The van der Waals surface area contributed by atoms with Crippen molar-refractivity contribution < 1.29 is 14.1 Å². The van der Waals surface area contributed by atoms with E-state index in [1.54, 1.807) is 21.0 Å². The van der Waals surface area contributed by atoms with E-state index in [4.69, 9.17) is 9.26 Å². The number of likely N-dealkylation sites (tertiary alicyclic amines) is 1. The van der Waals surface area contributed by atoms with E-state index >= 15 is 0 Å². The van der Waals surface area contributed by atoms with Crippen LogP contribution in [-0.2, 0) is 0 Å². The third-order valence-corrected chi connectivity index (χ3v) is 4.80. The Labute approximate surface area is 148 Å². The fourth-order valence-corrected chi connectivity index (χ4v) is 3.52. The highest BCUT2D eigenvalue weighted by Crippen LogP contribution is 2.31. The molecule has 1 aromatic heterocycles. The lowest BCUT2D eigenvalue weighted by Crippen LogP contribution is -2.37. The zero-order chi connectivity index (χ0) is 17.8. The van der Waals surface area contributed by atoms with Crippen molar-refractivity contribution in [2.24, 2.45) is 0 Å². The van der Waals surface area contributed by atoms with Gasteiger partial charge in [0.15, 0.2) is 0 Å². The van der Waals surface area contributed by atoms with Crippen molar-refractivity contribution in [1.82, 2.24) is 15.4 Å². The molecule has 1 N–H and O–H groups in total. The summed E-state index contributed by atoms with van der Waals surface area (Å²) in [5.41, 5.74) is 2.25. The van der Waals surface area contributed by atoms with Gasteiger partial charge in [-0.25, -0.2) is 0 Å². The van der Waals surface area contributed by atoms with Crippen molar-refractivity contribution in [2.75, 3.05) is 26.7 Å². The number of aromatic nitrogens is 1. The maximum absolute atomic E-state index is 12.6. The smallest absolute Gasteiger partial charge is 0.256 e. The summed E-state index contributed by atoms with van der Waals surface area (Å²) in [5, 5.41) is 6.92. The molecule has 134 valence electrons. The minimum atomic E-state index is -0.143. The molecule has 25 heavy (non-hydrogen) atoms. The molecule has 1 atom stereocenters. The first kappa shape index (κ1) is 17.5. The van der Waals surface area contributed by atoms with Gasteiger partial charge in [-0.1, -0.05) is 23.4 Å². The van der Waals surface area contributed by atoms with Gasteiger partial charge in [0.25, 0.3) is 5.91 Å². The summed E-state index contributed by atoms with van der Waals surface area (Å²) in [6, 6.07) is 8.10. The molecule has 1 amide bonds. The highest BCUT2D eigenvalue weighted by atomic mass is 16.5. The summed E-state index contributed by atoms with van der Waals surface area (Å²) in [4.78, 5) is 15.0. The number of carbonyl (C=O) groups excluding carboxylic acids is 1. The van der Waals surface area contributed by atoms with Crippen molar-refractivity contribution >= 4 is 5.91 Å². The molecule has 1 unspecified atom stereocenters. The van der Waals surface area contributed by atoms with Crippen LogP contribution in [0.25, 0.3) is 0 Å².